The molecule has 0 aromatic rings. The molecule has 0 aromatic carbocycles. The van der Waals surface area contributed by atoms with Crippen molar-refractivity contribution in [2.24, 2.45) is 10.3 Å². The van der Waals surface area contributed by atoms with Crippen LogP contribution in [0.2, 0.25) is 0 Å². The molecule has 0 unspecified atom stereocenters. The summed E-state index contributed by atoms with van der Waals surface area (Å²) in [5.41, 5.74) is 0. The Kier molecular flexibility index (Phi) is 2.51. The summed E-state index contributed by atoms with van der Waals surface area (Å²) in [4.78, 5) is 0.622. The first-order valence-corrected chi connectivity index (χ1v) is 4.42. The minimum atomic E-state index is -1.18. The van der Waals surface area contributed by atoms with Gasteiger partial charge in [-0.1, -0.05) is 4.40 Å². The topological polar surface area (TPSA) is 35.4 Å². The van der Waals surface area contributed by atoms with Crippen LogP contribution < -0.4 is 0 Å². The maximum absolute atomic E-state index is 10.9. The maximum Gasteiger partial charge on any atom is 0.149 e. The van der Waals surface area contributed by atoms with E-state index >= 15 is 0 Å². The molecule has 1 rings (SSSR count). The number of rotatable bonds is 3. The Bertz CT molecular complexity index is 163. The fourth-order valence-corrected chi connectivity index (χ4v) is 0.939. The molecule has 10 heavy (non-hydrogen) atoms. The molecule has 0 spiro atoms. The van der Waals surface area contributed by atoms with Gasteiger partial charge in [-0.25, -0.2) is 0 Å². The molecule has 1 aliphatic rings. The van der Waals surface area contributed by atoms with E-state index in [1.165, 1.54) is 12.8 Å². The standard InChI is InChI=1S/C7H11NOS/c1-6(2)10(9)8-5-7-3-4-7/h5,7H,1,3-4H2,2H3/b8-5+/t10-/m0/s1. The first-order valence-electron chi connectivity index (χ1n) is 3.31. The van der Waals surface area contributed by atoms with Crippen LogP contribution in [0.15, 0.2) is 15.9 Å². The van der Waals surface area contributed by atoms with Crippen LogP contribution in [-0.4, -0.2) is 10.8 Å². The van der Waals surface area contributed by atoms with Crippen molar-refractivity contribution < 1.29 is 4.55 Å². The third-order valence-corrected chi connectivity index (χ3v) is 2.20. The van der Waals surface area contributed by atoms with E-state index in [9.17, 15) is 4.55 Å². The van der Waals surface area contributed by atoms with E-state index in [4.69, 9.17) is 0 Å². The molecule has 0 N–H and O–H groups in total. The second-order valence-corrected chi connectivity index (χ2v) is 3.95. The summed E-state index contributed by atoms with van der Waals surface area (Å²) in [6.07, 6.45) is 4.19. The van der Waals surface area contributed by atoms with Crippen molar-refractivity contribution in [3.8, 4) is 0 Å². The molecule has 3 heteroatoms. The van der Waals surface area contributed by atoms with Crippen molar-refractivity contribution in [3.63, 3.8) is 0 Å². The summed E-state index contributed by atoms with van der Waals surface area (Å²) in [6.45, 7) is 5.26. The van der Waals surface area contributed by atoms with Gasteiger partial charge in [0, 0.05) is 6.92 Å². The Morgan fingerprint density at radius 1 is 1.80 bits per heavy atom. The van der Waals surface area contributed by atoms with Crippen LogP contribution in [0.25, 0.3) is 0 Å². The maximum atomic E-state index is 10.9. The lowest BCUT2D eigenvalue weighted by molar-refractivity contribution is 0.603. The number of nitrogens with zero attached hydrogens (tertiary/aromatic N) is 1. The molecule has 0 aromatic heterocycles. The van der Waals surface area contributed by atoms with Crippen LogP contribution in [0.5, 0.6) is 0 Å². The first kappa shape index (κ1) is 7.82. The molecular weight excluding hydrogens is 146 g/mol. The van der Waals surface area contributed by atoms with Gasteiger partial charge in [-0.15, -0.1) is 0 Å². The lowest BCUT2D eigenvalue weighted by Crippen LogP contribution is -1.96. The summed E-state index contributed by atoms with van der Waals surface area (Å²) in [7, 11) is 0. The normalized spacial score (nSPS) is 21.4. The summed E-state index contributed by atoms with van der Waals surface area (Å²) in [5, 5.41) is 0. The zero-order valence-corrected chi connectivity index (χ0v) is 6.86. The van der Waals surface area contributed by atoms with Gasteiger partial charge in [0.2, 0.25) is 0 Å². The monoisotopic (exact) mass is 157 g/mol. The average Bonchev–Trinajstić information content (AvgIpc) is 2.64. The van der Waals surface area contributed by atoms with Gasteiger partial charge in [-0.05, 0) is 25.3 Å². The minimum Gasteiger partial charge on any atom is -0.586 e. The summed E-state index contributed by atoms with van der Waals surface area (Å²) in [5.74, 6) is 0.600. The van der Waals surface area contributed by atoms with Gasteiger partial charge in [-0.3, -0.25) is 0 Å². The minimum absolute atomic E-state index is 0.600. The average molecular weight is 157 g/mol. The molecular formula is C7H11NOS. The van der Waals surface area contributed by atoms with Crippen LogP contribution in [0.4, 0.5) is 0 Å². The molecule has 1 fully saturated rings. The Hall–Kier alpha value is -0.280. The van der Waals surface area contributed by atoms with Gasteiger partial charge in [0.25, 0.3) is 0 Å². The van der Waals surface area contributed by atoms with Crippen LogP contribution in [-0.2, 0) is 11.4 Å². The molecule has 0 saturated heterocycles. The molecule has 0 radical (unpaired) electrons. The highest BCUT2D eigenvalue weighted by Crippen LogP contribution is 2.26. The number of hydrogen-bond donors (Lipinski definition) is 0. The smallest absolute Gasteiger partial charge is 0.149 e. The van der Waals surface area contributed by atoms with Gasteiger partial charge in [0.1, 0.15) is 16.3 Å². The zero-order chi connectivity index (χ0) is 7.56. The van der Waals surface area contributed by atoms with Gasteiger partial charge in [-0.2, -0.15) is 0 Å². The SMILES string of the molecule is C=C(C)[S@+]([O-])/N=C/C1CC1. The molecule has 0 bridgehead atoms. The summed E-state index contributed by atoms with van der Waals surface area (Å²) < 4.78 is 14.7. The molecule has 0 heterocycles. The van der Waals surface area contributed by atoms with Crippen LogP contribution in [0, 0.1) is 5.92 Å². The largest absolute Gasteiger partial charge is 0.586 e. The van der Waals surface area contributed by atoms with Crippen molar-refractivity contribution in [2.45, 2.75) is 19.8 Å². The molecule has 1 saturated carbocycles. The predicted molar refractivity (Wildman–Crippen MR) is 44.2 cm³/mol. The van der Waals surface area contributed by atoms with E-state index < -0.39 is 11.4 Å². The number of allylic oxidation sites excluding steroid dienone is 1. The highest BCUT2D eigenvalue weighted by molar-refractivity contribution is 7.94. The fraction of sp³-hybridized carbons (Fsp3) is 0.571. The molecule has 0 amide bonds. The van der Waals surface area contributed by atoms with Gasteiger partial charge in [0.15, 0.2) is 0 Å². The van der Waals surface area contributed by atoms with E-state index in [1.807, 2.05) is 0 Å². The van der Waals surface area contributed by atoms with Crippen molar-refractivity contribution in [3.05, 3.63) is 11.5 Å². The highest BCUT2D eigenvalue weighted by Gasteiger charge is 2.20. The summed E-state index contributed by atoms with van der Waals surface area (Å²) in [6, 6.07) is 0. The molecule has 0 aliphatic heterocycles. The number of hydrogen-bond acceptors (Lipinski definition) is 2. The second-order valence-electron chi connectivity index (χ2n) is 2.54. The predicted octanol–water partition coefficient (Wildman–Crippen LogP) is 1.66. The van der Waals surface area contributed by atoms with Crippen LogP contribution >= 0.6 is 0 Å². The van der Waals surface area contributed by atoms with Crippen LogP contribution in [0.3, 0.4) is 0 Å². The van der Waals surface area contributed by atoms with E-state index in [2.05, 4.69) is 11.0 Å². The van der Waals surface area contributed by atoms with Gasteiger partial charge < -0.3 is 4.55 Å². The zero-order valence-electron chi connectivity index (χ0n) is 6.04. The second kappa shape index (κ2) is 3.21. The fourth-order valence-electron chi connectivity index (χ4n) is 0.477. The summed E-state index contributed by atoms with van der Waals surface area (Å²) >= 11 is -1.18. The Morgan fingerprint density at radius 2 is 2.40 bits per heavy atom. The molecule has 1 aliphatic carbocycles. The van der Waals surface area contributed by atoms with Gasteiger partial charge >= 0.3 is 0 Å². The van der Waals surface area contributed by atoms with E-state index in [0.29, 0.717) is 10.8 Å². The van der Waals surface area contributed by atoms with Crippen molar-refractivity contribution in [2.75, 3.05) is 0 Å². The molecule has 2 nitrogen and oxygen atoms in total. The highest BCUT2D eigenvalue weighted by atomic mass is 32.2. The van der Waals surface area contributed by atoms with E-state index in [1.54, 1.807) is 13.1 Å². The molecule has 1 atom stereocenters. The quantitative estimate of drug-likeness (QED) is 0.453. The first-order chi connectivity index (χ1) is 4.70. The lowest BCUT2D eigenvalue weighted by Gasteiger charge is -1.98. The van der Waals surface area contributed by atoms with Crippen LogP contribution in [0.1, 0.15) is 19.8 Å². The van der Waals surface area contributed by atoms with E-state index in [0.717, 1.165) is 0 Å². The lowest BCUT2D eigenvalue weighted by atomic mass is 10.5. The van der Waals surface area contributed by atoms with Crippen molar-refractivity contribution >= 4 is 17.6 Å². The molecule has 56 valence electrons. The third kappa shape index (κ3) is 2.54. The Labute approximate surface area is 64.4 Å². The van der Waals surface area contributed by atoms with E-state index in [-0.39, 0.29) is 0 Å². The van der Waals surface area contributed by atoms with Crippen molar-refractivity contribution in [1.29, 1.82) is 0 Å². The Balaban J connectivity index is 2.27. The Morgan fingerprint density at radius 3 is 2.80 bits per heavy atom. The van der Waals surface area contributed by atoms with Gasteiger partial charge in [0.05, 0.1) is 6.21 Å². The third-order valence-electron chi connectivity index (χ3n) is 1.29. The van der Waals surface area contributed by atoms with Crippen molar-refractivity contribution in [1.82, 2.24) is 0 Å².